The van der Waals surface area contributed by atoms with Crippen LogP contribution in [0.1, 0.15) is 23.1 Å². The number of halogens is 1. The zero-order valence-electron chi connectivity index (χ0n) is 13.5. The monoisotopic (exact) mass is 384 g/mol. The van der Waals surface area contributed by atoms with Crippen molar-refractivity contribution in [2.75, 3.05) is 11.2 Å². The third-order valence-electron chi connectivity index (χ3n) is 3.15. The second-order valence-corrected chi connectivity index (χ2v) is 7.20. The molecule has 2 rings (SSSR count). The highest BCUT2D eigenvalue weighted by Gasteiger charge is 2.24. The van der Waals surface area contributed by atoms with Crippen LogP contribution in [0.15, 0.2) is 35.2 Å². The van der Waals surface area contributed by atoms with Crippen molar-refractivity contribution in [3.63, 3.8) is 0 Å². The summed E-state index contributed by atoms with van der Waals surface area (Å²) >= 11 is 5.59. The summed E-state index contributed by atoms with van der Waals surface area (Å²) in [5.41, 5.74) is 1.35. The second-order valence-electron chi connectivity index (χ2n) is 5.24. The Balaban J connectivity index is 2.22. The number of anilines is 1. The molecule has 8 nitrogen and oxygen atoms in total. The summed E-state index contributed by atoms with van der Waals surface area (Å²) < 4.78 is 26.7. The molecule has 134 valence electrons. The van der Waals surface area contributed by atoms with E-state index >= 15 is 0 Å². The van der Waals surface area contributed by atoms with Crippen LogP contribution in [0.5, 0.6) is 0 Å². The van der Waals surface area contributed by atoms with Gasteiger partial charge in [0.25, 0.3) is 10.0 Å². The number of carbonyl (C=O) groups is 1. The van der Waals surface area contributed by atoms with Gasteiger partial charge in [-0.05, 0) is 26.0 Å². The first-order valence-corrected chi connectivity index (χ1v) is 9.23. The van der Waals surface area contributed by atoms with Crippen LogP contribution in [-0.4, -0.2) is 35.4 Å². The lowest BCUT2D eigenvalue weighted by Crippen LogP contribution is -2.35. The molecule has 10 heteroatoms. The van der Waals surface area contributed by atoms with Gasteiger partial charge in [0, 0.05) is 17.0 Å². The highest BCUT2D eigenvalue weighted by molar-refractivity contribution is 7.90. The van der Waals surface area contributed by atoms with E-state index in [1.165, 1.54) is 18.2 Å². The molecular weight excluding hydrogens is 368 g/mol. The maximum absolute atomic E-state index is 12.4. The quantitative estimate of drug-likeness (QED) is 0.676. The molecule has 2 amide bonds. The number of hydrogen-bond acceptors (Lipinski definition) is 6. The molecule has 0 aliphatic carbocycles. The fourth-order valence-electron chi connectivity index (χ4n) is 2.17. The molecule has 0 bridgehead atoms. The van der Waals surface area contributed by atoms with E-state index in [-0.39, 0.29) is 22.3 Å². The van der Waals surface area contributed by atoms with Crippen LogP contribution in [0, 0.1) is 13.8 Å². The number of nitrogens with zero attached hydrogens (tertiary/aromatic N) is 2. The maximum atomic E-state index is 12.4. The molecule has 0 saturated heterocycles. The van der Waals surface area contributed by atoms with E-state index in [2.05, 4.69) is 15.3 Å². The average Bonchev–Trinajstić information content (AvgIpc) is 2.52. The summed E-state index contributed by atoms with van der Waals surface area (Å²) in [6, 6.07) is 6.43. The number of urea groups is 1. The number of aliphatic hydroxyl groups is 1. The van der Waals surface area contributed by atoms with Gasteiger partial charge in [-0.15, -0.1) is 11.6 Å². The second kappa shape index (κ2) is 7.77. The summed E-state index contributed by atoms with van der Waals surface area (Å²) in [4.78, 5) is 19.8. The first-order valence-electron chi connectivity index (χ1n) is 7.22. The molecule has 1 unspecified atom stereocenters. The van der Waals surface area contributed by atoms with Gasteiger partial charge in [0.05, 0.1) is 16.9 Å². The van der Waals surface area contributed by atoms with Crippen molar-refractivity contribution in [1.29, 1.82) is 0 Å². The SMILES string of the molecule is Cc1cc(C)nc(NC(=O)NS(=O)(=O)c2ccccc2C(O)CCl)n1. The Bertz CT molecular complexity index is 869. The van der Waals surface area contributed by atoms with Gasteiger partial charge in [-0.25, -0.2) is 27.9 Å². The number of aromatic nitrogens is 2. The van der Waals surface area contributed by atoms with Crippen LogP contribution >= 0.6 is 11.6 Å². The number of aryl methyl sites for hydroxylation is 2. The van der Waals surface area contributed by atoms with Gasteiger partial charge in [-0.2, -0.15) is 0 Å². The first-order chi connectivity index (χ1) is 11.7. The minimum atomic E-state index is -4.22. The lowest BCUT2D eigenvalue weighted by molar-refractivity contribution is 0.199. The zero-order chi connectivity index (χ0) is 18.6. The van der Waals surface area contributed by atoms with E-state index in [0.717, 1.165) is 0 Å². The number of amides is 2. The molecule has 0 radical (unpaired) electrons. The predicted octanol–water partition coefficient (Wildman–Crippen LogP) is 1.88. The molecule has 25 heavy (non-hydrogen) atoms. The van der Waals surface area contributed by atoms with Crippen LogP contribution in [-0.2, 0) is 10.0 Å². The number of carbonyl (C=O) groups excluding carboxylic acids is 1. The topological polar surface area (TPSA) is 121 Å². The maximum Gasteiger partial charge on any atom is 0.335 e. The van der Waals surface area contributed by atoms with E-state index in [1.54, 1.807) is 26.0 Å². The van der Waals surface area contributed by atoms with Crippen molar-refractivity contribution in [3.05, 3.63) is 47.3 Å². The Labute approximate surface area is 150 Å². The molecule has 0 spiro atoms. The normalized spacial score (nSPS) is 12.5. The Morgan fingerprint density at radius 1 is 1.24 bits per heavy atom. The molecule has 1 aromatic heterocycles. The van der Waals surface area contributed by atoms with E-state index < -0.39 is 22.2 Å². The Morgan fingerprint density at radius 3 is 2.44 bits per heavy atom. The smallest absolute Gasteiger partial charge is 0.335 e. The lowest BCUT2D eigenvalue weighted by atomic mass is 10.1. The molecule has 3 N–H and O–H groups in total. The van der Waals surface area contributed by atoms with E-state index in [0.29, 0.717) is 11.4 Å². The van der Waals surface area contributed by atoms with Crippen molar-refractivity contribution in [2.45, 2.75) is 24.8 Å². The Kier molecular flexibility index (Phi) is 5.93. The Hall–Kier alpha value is -2.23. The molecule has 2 aromatic rings. The number of sulfonamides is 1. The summed E-state index contributed by atoms with van der Waals surface area (Å²) in [5, 5.41) is 12.1. The lowest BCUT2D eigenvalue weighted by Gasteiger charge is -2.14. The van der Waals surface area contributed by atoms with Crippen LogP contribution in [0.25, 0.3) is 0 Å². The van der Waals surface area contributed by atoms with Crippen LogP contribution in [0.4, 0.5) is 10.7 Å². The predicted molar refractivity (Wildman–Crippen MR) is 93.0 cm³/mol. The van der Waals surface area contributed by atoms with Gasteiger partial charge in [0.15, 0.2) is 0 Å². The third kappa shape index (κ3) is 4.88. The minimum absolute atomic E-state index is 0.0146. The van der Waals surface area contributed by atoms with Gasteiger partial charge < -0.3 is 5.11 Å². The van der Waals surface area contributed by atoms with Gasteiger partial charge in [-0.1, -0.05) is 18.2 Å². The van der Waals surface area contributed by atoms with Crippen molar-refractivity contribution < 1.29 is 18.3 Å². The fourth-order valence-corrected chi connectivity index (χ4v) is 3.51. The number of rotatable bonds is 5. The number of benzene rings is 1. The molecule has 0 saturated carbocycles. The van der Waals surface area contributed by atoms with E-state index in [1.807, 2.05) is 4.72 Å². The highest BCUT2D eigenvalue weighted by Crippen LogP contribution is 2.23. The number of alkyl halides is 1. The van der Waals surface area contributed by atoms with Crippen molar-refractivity contribution in [3.8, 4) is 0 Å². The molecule has 1 aromatic carbocycles. The number of hydrogen-bond donors (Lipinski definition) is 3. The van der Waals surface area contributed by atoms with Crippen molar-refractivity contribution >= 4 is 33.6 Å². The third-order valence-corrected chi connectivity index (χ3v) is 4.85. The molecule has 1 atom stereocenters. The van der Waals surface area contributed by atoms with E-state index in [4.69, 9.17) is 11.6 Å². The van der Waals surface area contributed by atoms with Gasteiger partial charge in [0.1, 0.15) is 0 Å². The van der Waals surface area contributed by atoms with Crippen molar-refractivity contribution in [1.82, 2.24) is 14.7 Å². The van der Waals surface area contributed by atoms with Crippen LogP contribution in [0.2, 0.25) is 0 Å². The van der Waals surface area contributed by atoms with Crippen molar-refractivity contribution in [2.24, 2.45) is 0 Å². The Morgan fingerprint density at radius 2 is 1.84 bits per heavy atom. The highest BCUT2D eigenvalue weighted by atomic mass is 35.5. The largest absolute Gasteiger partial charge is 0.387 e. The minimum Gasteiger partial charge on any atom is -0.387 e. The molecule has 0 fully saturated rings. The van der Waals surface area contributed by atoms with Crippen LogP contribution in [0.3, 0.4) is 0 Å². The number of nitrogens with one attached hydrogen (secondary N) is 2. The standard InChI is InChI=1S/C15H17ClN4O4S/c1-9-7-10(2)18-14(17-9)19-15(22)20-25(23,24)13-6-4-3-5-11(13)12(21)8-16/h3-7,12,21H,8H2,1-2H3,(H2,17,18,19,20,22). The van der Waals surface area contributed by atoms with Crippen LogP contribution < -0.4 is 10.0 Å². The summed E-state index contributed by atoms with van der Waals surface area (Å²) in [5.74, 6) is -0.200. The first kappa shape index (κ1) is 19.1. The van der Waals surface area contributed by atoms with Gasteiger partial charge >= 0.3 is 6.03 Å². The summed E-state index contributed by atoms with van der Waals surface area (Å²) in [6.07, 6.45) is -1.18. The average molecular weight is 385 g/mol. The van der Waals surface area contributed by atoms with E-state index in [9.17, 15) is 18.3 Å². The summed E-state index contributed by atoms with van der Waals surface area (Å²) in [6.45, 7) is 3.44. The molecule has 0 aliphatic rings. The van der Waals surface area contributed by atoms with Gasteiger partial charge in [0.2, 0.25) is 5.95 Å². The summed E-state index contributed by atoms with van der Waals surface area (Å²) in [7, 11) is -4.22. The zero-order valence-corrected chi connectivity index (χ0v) is 15.1. The number of aliphatic hydroxyl groups excluding tert-OH is 1. The fraction of sp³-hybridized carbons (Fsp3) is 0.267. The molecule has 0 aliphatic heterocycles. The van der Waals surface area contributed by atoms with Gasteiger partial charge in [-0.3, -0.25) is 5.32 Å². The molecular formula is C15H17ClN4O4S. The molecule has 1 heterocycles.